The minimum Gasteiger partial charge on any atom is -0.395 e. The van der Waals surface area contributed by atoms with Crippen LogP contribution in [-0.4, -0.2) is 35.9 Å². The summed E-state index contributed by atoms with van der Waals surface area (Å²) < 4.78 is 5.72. The van der Waals surface area contributed by atoms with Crippen molar-refractivity contribution in [3.63, 3.8) is 0 Å². The van der Waals surface area contributed by atoms with Crippen LogP contribution in [0.2, 0.25) is 0 Å². The highest BCUT2D eigenvalue weighted by Crippen LogP contribution is 2.15. The Hall–Kier alpha value is 0.270. The molecule has 0 rings (SSSR count). The topological polar surface area (TPSA) is 29.5 Å². The Labute approximate surface area is 143 Å². The standard InChI is InChI=1S/C19H40O2S/c1-3-5-7-9-11-13-15-21-18-19(17-20)22-16-14-12-10-8-6-4-2/h19-20H,3-18H2,1-2H3. The number of unbranched alkanes of at least 4 members (excludes halogenated alkanes) is 10. The molecule has 0 amide bonds. The third-order valence-electron chi connectivity index (χ3n) is 4.00. The van der Waals surface area contributed by atoms with E-state index in [0.29, 0.717) is 6.61 Å². The molecule has 1 unspecified atom stereocenters. The average molecular weight is 333 g/mol. The Morgan fingerprint density at radius 3 is 1.91 bits per heavy atom. The minimum absolute atomic E-state index is 0.247. The van der Waals surface area contributed by atoms with Gasteiger partial charge in [-0.1, -0.05) is 78.1 Å². The largest absolute Gasteiger partial charge is 0.395 e. The summed E-state index contributed by atoms with van der Waals surface area (Å²) in [5, 5.41) is 9.67. The Morgan fingerprint density at radius 1 is 0.773 bits per heavy atom. The molecule has 0 aromatic carbocycles. The number of hydrogen-bond donors (Lipinski definition) is 1. The van der Waals surface area contributed by atoms with Crippen molar-refractivity contribution in [3.05, 3.63) is 0 Å². The van der Waals surface area contributed by atoms with E-state index in [1.54, 1.807) is 0 Å². The van der Waals surface area contributed by atoms with Gasteiger partial charge in [-0.15, -0.1) is 0 Å². The first-order chi connectivity index (χ1) is 10.8. The molecular formula is C19H40O2S. The fourth-order valence-electron chi connectivity index (χ4n) is 2.49. The summed E-state index contributed by atoms with van der Waals surface area (Å²) in [6.45, 7) is 6.33. The lowest BCUT2D eigenvalue weighted by molar-refractivity contribution is 0.117. The molecule has 2 nitrogen and oxygen atoms in total. The van der Waals surface area contributed by atoms with Gasteiger partial charge in [-0.3, -0.25) is 0 Å². The van der Waals surface area contributed by atoms with Crippen LogP contribution < -0.4 is 0 Å². The second-order valence-electron chi connectivity index (χ2n) is 6.29. The maximum atomic E-state index is 9.40. The molecule has 0 aliphatic carbocycles. The molecule has 0 aliphatic rings. The first-order valence-corrected chi connectivity index (χ1v) is 10.7. The third-order valence-corrected chi connectivity index (χ3v) is 5.28. The lowest BCUT2D eigenvalue weighted by atomic mass is 10.1. The van der Waals surface area contributed by atoms with Crippen LogP contribution in [-0.2, 0) is 4.74 Å². The van der Waals surface area contributed by atoms with Crippen molar-refractivity contribution in [2.45, 2.75) is 96.1 Å². The van der Waals surface area contributed by atoms with Crippen LogP contribution in [0.4, 0.5) is 0 Å². The van der Waals surface area contributed by atoms with Gasteiger partial charge in [0.1, 0.15) is 0 Å². The van der Waals surface area contributed by atoms with Gasteiger partial charge in [-0.25, -0.2) is 0 Å². The van der Waals surface area contributed by atoms with E-state index < -0.39 is 0 Å². The summed E-state index contributed by atoms with van der Waals surface area (Å²) in [5.74, 6) is 1.16. The van der Waals surface area contributed by atoms with Crippen LogP contribution >= 0.6 is 11.8 Å². The molecule has 0 aromatic heterocycles. The van der Waals surface area contributed by atoms with Crippen molar-refractivity contribution in [3.8, 4) is 0 Å². The highest BCUT2D eigenvalue weighted by molar-refractivity contribution is 7.99. The predicted molar refractivity (Wildman–Crippen MR) is 101 cm³/mol. The van der Waals surface area contributed by atoms with Crippen LogP contribution in [0.3, 0.4) is 0 Å². The molecule has 22 heavy (non-hydrogen) atoms. The van der Waals surface area contributed by atoms with Gasteiger partial charge in [0.05, 0.1) is 18.5 Å². The minimum atomic E-state index is 0.247. The van der Waals surface area contributed by atoms with Crippen LogP contribution in [0, 0.1) is 0 Å². The average Bonchev–Trinajstić information content (AvgIpc) is 2.54. The Balaban J connectivity index is 3.29. The molecule has 0 aliphatic heterocycles. The normalized spacial score (nSPS) is 12.7. The first-order valence-electron chi connectivity index (χ1n) is 9.65. The number of aliphatic hydroxyl groups is 1. The van der Waals surface area contributed by atoms with Crippen molar-refractivity contribution >= 4 is 11.8 Å². The number of aliphatic hydroxyl groups excluding tert-OH is 1. The Morgan fingerprint density at radius 2 is 1.32 bits per heavy atom. The molecule has 1 N–H and O–H groups in total. The summed E-state index contributed by atoms with van der Waals surface area (Å²) in [6.07, 6.45) is 15.9. The quantitative estimate of drug-likeness (QED) is 0.321. The van der Waals surface area contributed by atoms with Crippen molar-refractivity contribution in [2.24, 2.45) is 0 Å². The fraction of sp³-hybridized carbons (Fsp3) is 1.00. The number of ether oxygens (including phenoxy) is 1. The monoisotopic (exact) mass is 332 g/mol. The Bertz CT molecular complexity index is 200. The van der Waals surface area contributed by atoms with Crippen molar-refractivity contribution < 1.29 is 9.84 Å². The second kappa shape index (κ2) is 19.3. The molecule has 0 bridgehead atoms. The summed E-state index contributed by atoms with van der Waals surface area (Å²) in [6, 6.07) is 0. The molecule has 0 spiro atoms. The molecule has 134 valence electrons. The molecule has 0 saturated carbocycles. The van der Waals surface area contributed by atoms with E-state index in [-0.39, 0.29) is 11.9 Å². The summed E-state index contributed by atoms with van der Waals surface area (Å²) in [7, 11) is 0. The molecule has 0 heterocycles. The van der Waals surface area contributed by atoms with Gasteiger partial charge < -0.3 is 9.84 Å². The number of rotatable bonds is 18. The van der Waals surface area contributed by atoms with Gasteiger partial charge in [0, 0.05) is 6.61 Å². The zero-order valence-electron chi connectivity index (χ0n) is 15.2. The van der Waals surface area contributed by atoms with Gasteiger partial charge in [0.25, 0.3) is 0 Å². The van der Waals surface area contributed by atoms with E-state index in [1.807, 2.05) is 11.8 Å². The van der Waals surface area contributed by atoms with Crippen LogP contribution in [0.25, 0.3) is 0 Å². The zero-order valence-corrected chi connectivity index (χ0v) is 16.0. The van der Waals surface area contributed by atoms with Crippen LogP contribution in [0.15, 0.2) is 0 Å². The summed E-state index contributed by atoms with van der Waals surface area (Å²) in [5.41, 5.74) is 0. The van der Waals surface area contributed by atoms with Crippen molar-refractivity contribution in [1.29, 1.82) is 0 Å². The number of hydrogen-bond acceptors (Lipinski definition) is 3. The molecule has 3 heteroatoms. The van der Waals surface area contributed by atoms with Crippen LogP contribution in [0.5, 0.6) is 0 Å². The Kier molecular flexibility index (Phi) is 19.6. The van der Waals surface area contributed by atoms with Gasteiger partial charge in [-0.2, -0.15) is 11.8 Å². The smallest absolute Gasteiger partial charge is 0.0607 e. The highest BCUT2D eigenvalue weighted by atomic mass is 32.2. The summed E-state index contributed by atoms with van der Waals surface area (Å²) >= 11 is 1.89. The van der Waals surface area contributed by atoms with E-state index in [1.165, 1.54) is 77.0 Å². The van der Waals surface area contributed by atoms with E-state index >= 15 is 0 Å². The van der Waals surface area contributed by atoms with E-state index in [4.69, 9.17) is 4.74 Å². The SMILES string of the molecule is CCCCCCCCOCC(CO)SCCCCCCCC. The first kappa shape index (κ1) is 22.3. The highest BCUT2D eigenvalue weighted by Gasteiger charge is 2.07. The molecule has 1 atom stereocenters. The molecule has 0 fully saturated rings. The van der Waals surface area contributed by atoms with Crippen molar-refractivity contribution in [2.75, 3.05) is 25.6 Å². The van der Waals surface area contributed by atoms with E-state index in [2.05, 4.69) is 13.8 Å². The molecule has 0 aromatic rings. The zero-order chi connectivity index (χ0) is 16.3. The van der Waals surface area contributed by atoms with Gasteiger partial charge in [0.15, 0.2) is 0 Å². The molecular weight excluding hydrogens is 292 g/mol. The lowest BCUT2D eigenvalue weighted by Crippen LogP contribution is -2.17. The fourth-order valence-corrected chi connectivity index (χ4v) is 3.49. The molecule has 0 saturated heterocycles. The van der Waals surface area contributed by atoms with E-state index in [0.717, 1.165) is 12.4 Å². The predicted octanol–water partition coefficient (Wildman–Crippen LogP) is 5.82. The second-order valence-corrected chi connectivity index (χ2v) is 7.69. The lowest BCUT2D eigenvalue weighted by Gasteiger charge is -2.14. The third kappa shape index (κ3) is 16.6. The maximum absolute atomic E-state index is 9.40. The van der Waals surface area contributed by atoms with Crippen molar-refractivity contribution in [1.82, 2.24) is 0 Å². The van der Waals surface area contributed by atoms with Gasteiger partial charge in [-0.05, 0) is 18.6 Å². The van der Waals surface area contributed by atoms with Gasteiger partial charge >= 0.3 is 0 Å². The molecule has 0 radical (unpaired) electrons. The summed E-state index contributed by atoms with van der Waals surface area (Å²) in [4.78, 5) is 0. The van der Waals surface area contributed by atoms with Crippen LogP contribution in [0.1, 0.15) is 90.9 Å². The maximum Gasteiger partial charge on any atom is 0.0607 e. The van der Waals surface area contributed by atoms with E-state index in [9.17, 15) is 5.11 Å². The number of thioether (sulfide) groups is 1. The van der Waals surface area contributed by atoms with Gasteiger partial charge in [0.2, 0.25) is 0 Å².